The number of esters is 1. The quantitative estimate of drug-likeness (QED) is 0.639. The van der Waals surface area contributed by atoms with Crippen molar-refractivity contribution in [2.75, 3.05) is 13.2 Å². The van der Waals surface area contributed by atoms with Gasteiger partial charge in [-0.25, -0.2) is 18.4 Å². The second kappa shape index (κ2) is 9.01. The van der Waals surface area contributed by atoms with E-state index in [2.05, 4.69) is 10.1 Å². The van der Waals surface area contributed by atoms with Crippen molar-refractivity contribution in [1.29, 1.82) is 0 Å². The average molecular weight is 383 g/mol. The molecule has 9 heteroatoms. The summed E-state index contributed by atoms with van der Waals surface area (Å²) in [7, 11) is 0. The van der Waals surface area contributed by atoms with Crippen LogP contribution in [0.25, 0.3) is 0 Å². The Balaban J connectivity index is 2.26. The molecule has 0 aliphatic rings. The number of benzene rings is 1. The zero-order valence-electron chi connectivity index (χ0n) is 15.2. The van der Waals surface area contributed by atoms with Crippen molar-refractivity contribution in [3.63, 3.8) is 0 Å². The van der Waals surface area contributed by atoms with Crippen LogP contribution in [0.15, 0.2) is 30.9 Å². The minimum atomic E-state index is -1.83. The Labute approximate surface area is 155 Å². The van der Waals surface area contributed by atoms with Gasteiger partial charge >= 0.3 is 5.97 Å². The molecule has 0 aliphatic carbocycles. The van der Waals surface area contributed by atoms with Crippen molar-refractivity contribution < 1.29 is 28.5 Å². The first-order valence-corrected chi connectivity index (χ1v) is 8.53. The van der Waals surface area contributed by atoms with Crippen LogP contribution in [0.2, 0.25) is 0 Å². The first kappa shape index (κ1) is 20.9. The zero-order valence-corrected chi connectivity index (χ0v) is 15.2. The Morgan fingerprint density at radius 1 is 1.37 bits per heavy atom. The van der Waals surface area contributed by atoms with Crippen LogP contribution in [-0.2, 0) is 21.7 Å². The Morgan fingerprint density at radius 2 is 2.11 bits per heavy atom. The Hall–Kier alpha value is -2.39. The molecule has 2 rings (SSSR count). The van der Waals surface area contributed by atoms with E-state index < -0.39 is 35.7 Å². The van der Waals surface area contributed by atoms with Gasteiger partial charge in [0.2, 0.25) is 0 Å². The predicted octanol–water partition coefficient (Wildman–Crippen LogP) is 1.64. The SMILES string of the molecule is CC(C)C(=O)OC[C@H](CO)C[C@](O)(Cn1cncn1)c1ccc(F)cc1F. The Morgan fingerprint density at radius 3 is 2.67 bits per heavy atom. The fourth-order valence-corrected chi connectivity index (χ4v) is 2.73. The Kier molecular flexibility index (Phi) is 6.98. The van der Waals surface area contributed by atoms with E-state index >= 15 is 0 Å². The summed E-state index contributed by atoms with van der Waals surface area (Å²) in [5.41, 5.74) is -1.98. The lowest BCUT2D eigenvalue weighted by atomic mass is 9.84. The molecule has 27 heavy (non-hydrogen) atoms. The van der Waals surface area contributed by atoms with Crippen molar-refractivity contribution in [1.82, 2.24) is 14.8 Å². The molecular weight excluding hydrogens is 360 g/mol. The number of ether oxygens (including phenoxy) is 1. The number of rotatable bonds is 9. The topological polar surface area (TPSA) is 97.5 Å². The van der Waals surface area contributed by atoms with Gasteiger partial charge in [-0.2, -0.15) is 5.10 Å². The molecule has 2 N–H and O–H groups in total. The molecule has 2 atom stereocenters. The molecule has 0 amide bonds. The molecule has 1 aromatic heterocycles. The average Bonchev–Trinajstić information content (AvgIpc) is 3.10. The van der Waals surface area contributed by atoms with E-state index in [1.165, 1.54) is 17.3 Å². The van der Waals surface area contributed by atoms with Crippen LogP contribution in [0.4, 0.5) is 8.78 Å². The van der Waals surface area contributed by atoms with Crippen molar-refractivity contribution in [3.8, 4) is 0 Å². The zero-order chi connectivity index (χ0) is 20.0. The van der Waals surface area contributed by atoms with Crippen molar-refractivity contribution in [2.45, 2.75) is 32.4 Å². The summed E-state index contributed by atoms with van der Waals surface area (Å²) in [6.07, 6.45) is 2.46. The number of halogens is 2. The van der Waals surface area contributed by atoms with Gasteiger partial charge in [0.15, 0.2) is 0 Å². The summed E-state index contributed by atoms with van der Waals surface area (Å²) < 4.78 is 34.1. The van der Waals surface area contributed by atoms with Crippen LogP contribution in [0.1, 0.15) is 25.8 Å². The number of carbonyl (C=O) groups is 1. The molecule has 0 bridgehead atoms. The van der Waals surface area contributed by atoms with Gasteiger partial charge in [0, 0.05) is 24.2 Å². The van der Waals surface area contributed by atoms with Gasteiger partial charge < -0.3 is 14.9 Å². The highest BCUT2D eigenvalue weighted by atomic mass is 19.1. The summed E-state index contributed by atoms with van der Waals surface area (Å²) in [6, 6.07) is 2.86. The standard InChI is InChI=1S/C18H23F2N3O4/c1-12(2)17(25)27-8-13(7-24)6-18(26,9-23-11-21-10-22-23)15-4-3-14(19)5-16(15)20/h3-5,10-13,24,26H,6-9H2,1-2H3/t13-,18-/m0/s1. The molecule has 0 unspecified atom stereocenters. The number of aromatic nitrogens is 3. The van der Waals surface area contributed by atoms with Gasteiger partial charge in [-0.15, -0.1) is 0 Å². The first-order valence-electron chi connectivity index (χ1n) is 8.53. The molecule has 0 fully saturated rings. The van der Waals surface area contributed by atoms with Crippen LogP contribution >= 0.6 is 0 Å². The molecule has 0 radical (unpaired) electrons. The third-order valence-electron chi connectivity index (χ3n) is 4.14. The number of hydrogen-bond acceptors (Lipinski definition) is 6. The van der Waals surface area contributed by atoms with E-state index in [-0.39, 0.29) is 31.1 Å². The largest absolute Gasteiger partial charge is 0.465 e. The lowest BCUT2D eigenvalue weighted by molar-refractivity contribution is -0.150. The highest BCUT2D eigenvalue weighted by Crippen LogP contribution is 2.33. The maximum atomic E-state index is 14.4. The Bertz CT molecular complexity index is 755. The summed E-state index contributed by atoms with van der Waals surface area (Å²) in [6.45, 7) is 2.63. The smallest absolute Gasteiger partial charge is 0.308 e. The minimum Gasteiger partial charge on any atom is -0.465 e. The van der Waals surface area contributed by atoms with Gasteiger partial charge in [0.05, 0.1) is 19.1 Å². The van der Waals surface area contributed by atoms with E-state index in [0.29, 0.717) is 6.07 Å². The summed E-state index contributed by atoms with van der Waals surface area (Å²) in [5, 5.41) is 24.7. The van der Waals surface area contributed by atoms with E-state index in [4.69, 9.17) is 4.74 Å². The molecular formula is C18H23F2N3O4. The van der Waals surface area contributed by atoms with E-state index in [1.54, 1.807) is 13.8 Å². The van der Waals surface area contributed by atoms with Crippen LogP contribution < -0.4 is 0 Å². The highest BCUT2D eigenvalue weighted by molar-refractivity contribution is 5.71. The van der Waals surface area contributed by atoms with Crippen LogP contribution in [0.5, 0.6) is 0 Å². The number of carbonyl (C=O) groups excluding carboxylic acids is 1. The lowest BCUT2D eigenvalue weighted by Gasteiger charge is -2.32. The number of aliphatic hydroxyl groups excluding tert-OH is 1. The van der Waals surface area contributed by atoms with E-state index in [0.717, 1.165) is 12.1 Å². The van der Waals surface area contributed by atoms with Gasteiger partial charge in [-0.3, -0.25) is 4.79 Å². The first-order chi connectivity index (χ1) is 12.7. The van der Waals surface area contributed by atoms with E-state index in [9.17, 15) is 23.8 Å². The van der Waals surface area contributed by atoms with Gasteiger partial charge in [0.1, 0.15) is 29.9 Å². The molecule has 0 saturated carbocycles. The predicted molar refractivity (Wildman–Crippen MR) is 91.3 cm³/mol. The van der Waals surface area contributed by atoms with Gasteiger partial charge in [-0.1, -0.05) is 19.9 Å². The molecule has 148 valence electrons. The van der Waals surface area contributed by atoms with Crippen molar-refractivity contribution in [3.05, 3.63) is 48.1 Å². The normalized spacial score (nSPS) is 14.8. The maximum Gasteiger partial charge on any atom is 0.308 e. The van der Waals surface area contributed by atoms with Crippen LogP contribution in [0.3, 0.4) is 0 Å². The van der Waals surface area contributed by atoms with Gasteiger partial charge in [-0.05, 0) is 12.5 Å². The monoisotopic (exact) mass is 383 g/mol. The number of nitrogens with zero attached hydrogens (tertiary/aromatic N) is 3. The fourth-order valence-electron chi connectivity index (χ4n) is 2.73. The van der Waals surface area contributed by atoms with Crippen LogP contribution in [-0.4, -0.2) is 44.2 Å². The molecule has 2 aromatic rings. The van der Waals surface area contributed by atoms with Crippen molar-refractivity contribution in [2.24, 2.45) is 11.8 Å². The second-order valence-corrected chi connectivity index (χ2v) is 6.79. The molecule has 7 nitrogen and oxygen atoms in total. The van der Waals surface area contributed by atoms with Gasteiger partial charge in [0.25, 0.3) is 0 Å². The highest BCUT2D eigenvalue weighted by Gasteiger charge is 2.36. The lowest BCUT2D eigenvalue weighted by Crippen LogP contribution is -2.37. The molecule has 1 aromatic carbocycles. The molecule has 0 aliphatic heterocycles. The summed E-state index contributed by atoms with van der Waals surface area (Å²) >= 11 is 0. The van der Waals surface area contributed by atoms with Crippen molar-refractivity contribution >= 4 is 5.97 Å². The number of aliphatic hydroxyl groups is 2. The van der Waals surface area contributed by atoms with E-state index in [1.807, 2.05) is 0 Å². The van der Waals surface area contributed by atoms with Crippen LogP contribution in [0, 0.1) is 23.5 Å². The molecule has 0 saturated heterocycles. The maximum absolute atomic E-state index is 14.4. The third kappa shape index (κ3) is 5.54. The minimum absolute atomic E-state index is 0.142. The molecule has 0 spiro atoms. The fraction of sp³-hybridized carbons (Fsp3) is 0.500. The third-order valence-corrected chi connectivity index (χ3v) is 4.14. The molecule has 1 heterocycles. The summed E-state index contributed by atoms with van der Waals surface area (Å²) in [5.74, 6) is -3.14. The second-order valence-electron chi connectivity index (χ2n) is 6.79. The number of hydrogen-bond donors (Lipinski definition) is 2. The summed E-state index contributed by atoms with van der Waals surface area (Å²) in [4.78, 5) is 15.4.